The number of amides is 1. The lowest BCUT2D eigenvalue weighted by atomic mass is 10.0. The zero-order chi connectivity index (χ0) is 14.8. The lowest BCUT2D eigenvalue weighted by Gasteiger charge is -2.21. The van der Waals surface area contributed by atoms with Gasteiger partial charge in [0.25, 0.3) is 11.6 Å². The van der Waals surface area contributed by atoms with Gasteiger partial charge in [-0.2, -0.15) is 0 Å². The molecule has 0 bridgehead atoms. The van der Waals surface area contributed by atoms with Gasteiger partial charge in [0.15, 0.2) is 0 Å². The Morgan fingerprint density at radius 3 is 2.42 bits per heavy atom. The molecule has 0 saturated heterocycles. The van der Waals surface area contributed by atoms with Gasteiger partial charge in [0.05, 0.1) is 4.92 Å². The number of benzene rings is 1. The molecule has 0 aliphatic carbocycles. The Morgan fingerprint density at radius 1 is 1.37 bits per heavy atom. The molecule has 0 atom stereocenters. The number of para-hydroxylation sites is 1. The number of nitrogens with one attached hydrogen (secondary N) is 1. The predicted octanol–water partition coefficient (Wildman–Crippen LogP) is 1.50. The number of carbonyl (C=O) groups excluding carboxylic acids is 1. The average molecular weight is 266 g/mol. The van der Waals surface area contributed by atoms with Crippen molar-refractivity contribution in [3.63, 3.8) is 0 Å². The van der Waals surface area contributed by atoms with Gasteiger partial charge >= 0.3 is 5.97 Å². The van der Waals surface area contributed by atoms with Gasteiger partial charge in [0.2, 0.25) is 0 Å². The second-order valence-corrected chi connectivity index (χ2v) is 4.61. The van der Waals surface area contributed by atoms with Crippen LogP contribution >= 0.6 is 0 Å². The fraction of sp³-hybridized carbons (Fsp3) is 0.333. The Morgan fingerprint density at radius 2 is 1.95 bits per heavy atom. The first kappa shape index (κ1) is 14.6. The van der Waals surface area contributed by atoms with E-state index in [4.69, 9.17) is 5.11 Å². The van der Waals surface area contributed by atoms with Gasteiger partial charge in [0, 0.05) is 5.56 Å². The van der Waals surface area contributed by atoms with Crippen molar-refractivity contribution in [1.82, 2.24) is 5.32 Å². The van der Waals surface area contributed by atoms with Crippen LogP contribution in [-0.4, -0.2) is 27.4 Å². The van der Waals surface area contributed by atoms with E-state index in [1.807, 2.05) is 0 Å². The summed E-state index contributed by atoms with van der Waals surface area (Å²) in [5, 5.41) is 22.1. The summed E-state index contributed by atoms with van der Waals surface area (Å²) in [4.78, 5) is 33.2. The Hall–Kier alpha value is -2.44. The third-order valence-electron chi connectivity index (χ3n) is 2.63. The van der Waals surface area contributed by atoms with Crippen LogP contribution in [0.15, 0.2) is 18.2 Å². The van der Waals surface area contributed by atoms with Crippen molar-refractivity contribution < 1.29 is 19.6 Å². The average Bonchev–Trinajstić information content (AvgIpc) is 2.27. The summed E-state index contributed by atoms with van der Waals surface area (Å²) in [6.45, 7) is 4.11. The number of rotatable bonds is 4. The lowest BCUT2D eigenvalue weighted by molar-refractivity contribution is -0.385. The van der Waals surface area contributed by atoms with E-state index in [-0.39, 0.29) is 11.3 Å². The van der Waals surface area contributed by atoms with Crippen LogP contribution < -0.4 is 5.32 Å². The van der Waals surface area contributed by atoms with Crippen LogP contribution in [0.2, 0.25) is 0 Å². The first-order valence-electron chi connectivity index (χ1n) is 5.46. The number of hydrogen-bond donors (Lipinski definition) is 2. The summed E-state index contributed by atoms with van der Waals surface area (Å²) in [7, 11) is 0. The predicted molar refractivity (Wildman–Crippen MR) is 67.0 cm³/mol. The van der Waals surface area contributed by atoms with E-state index < -0.39 is 22.3 Å². The lowest BCUT2D eigenvalue weighted by Crippen LogP contribution is -2.49. The summed E-state index contributed by atoms with van der Waals surface area (Å²) in [6.07, 6.45) is 0. The van der Waals surface area contributed by atoms with Gasteiger partial charge in [-0.1, -0.05) is 12.1 Å². The van der Waals surface area contributed by atoms with Crippen LogP contribution in [0.5, 0.6) is 0 Å². The van der Waals surface area contributed by atoms with Crippen molar-refractivity contribution in [2.45, 2.75) is 26.3 Å². The minimum atomic E-state index is -1.51. The largest absolute Gasteiger partial charge is 0.480 e. The molecule has 0 spiro atoms. The summed E-state index contributed by atoms with van der Waals surface area (Å²) < 4.78 is 0. The molecule has 0 aliphatic rings. The second-order valence-electron chi connectivity index (χ2n) is 4.61. The second kappa shape index (κ2) is 5.05. The Balaban J connectivity index is 3.18. The van der Waals surface area contributed by atoms with E-state index in [1.165, 1.54) is 39.0 Å². The number of hydrogen-bond acceptors (Lipinski definition) is 4. The third kappa shape index (κ3) is 3.06. The van der Waals surface area contributed by atoms with Crippen molar-refractivity contribution in [3.8, 4) is 0 Å². The minimum absolute atomic E-state index is 0.153. The molecule has 0 fully saturated rings. The zero-order valence-corrected chi connectivity index (χ0v) is 10.8. The Kier molecular flexibility index (Phi) is 3.89. The molecule has 0 heterocycles. The van der Waals surface area contributed by atoms with Crippen molar-refractivity contribution >= 4 is 17.6 Å². The molecule has 0 aliphatic heterocycles. The molecule has 102 valence electrons. The van der Waals surface area contributed by atoms with Gasteiger partial charge in [0.1, 0.15) is 11.1 Å². The molecule has 0 unspecified atom stereocenters. The van der Waals surface area contributed by atoms with Crippen molar-refractivity contribution in [2.24, 2.45) is 0 Å². The van der Waals surface area contributed by atoms with Gasteiger partial charge in [-0.25, -0.2) is 4.79 Å². The van der Waals surface area contributed by atoms with E-state index in [0.29, 0.717) is 5.56 Å². The number of nitro benzene ring substituents is 1. The molecule has 7 nitrogen and oxygen atoms in total. The highest BCUT2D eigenvalue weighted by molar-refractivity contribution is 6.01. The van der Waals surface area contributed by atoms with Crippen LogP contribution in [0.1, 0.15) is 29.8 Å². The summed E-state index contributed by atoms with van der Waals surface area (Å²) >= 11 is 0. The molecule has 1 aromatic carbocycles. The Bertz CT molecular complexity index is 551. The molecule has 1 amide bonds. The maximum absolute atomic E-state index is 12.0. The highest BCUT2D eigenvalue weighted by Crippen LogP contribution is 2.23. The van der Waals surface area contributed by atoms with E-state index in [2.05, 4.69) is 5.32 Å². The maximum Gasteiger partial charge on any atom is 0.328 e. The third-order valence-corrected chi connectivity index (χ3v) is 2.63. The van der Waals surface area contributed by atoms with E-state index in [9.17, 15) is 19.7 Å². The molecule has 0 aromatic heterocycles. The SMILES string of the molecule is Cc1cccc(C(=O)NC(C)(C)C(=O)O)c1[N+](=O)[O-]. The quantitative estimate of drug-likeness (QED) is 0.633. The molecule has 19 heavy (non-hydrogen) atoms. The number of aryl methyl sites for hydroxylation is 1. The van der Waals surface area contributed by atoms with E-state index in [0.717, 1.165) is 0 Å². The molecule has 1 aromatic rings. The van der Waals surface area contributed by atoms with E-state index in [1.54, 1.807) is 0 Å². The molecule has 1 rings (SSSR count). The molecule has 7 heteroatoms. The first-order valence-corrected chi connectivity index (χ1v) is 5.46. The van der Waals surface area contributed by atoms with Crippen LogP contribution in [0.25, 0.3) is 0 Å². The van der Waals surface area contributed by atoms with Crippen LogP contribution in [0, 0.1) is 17.0 Å². The van der Waals surface area contributed by atoms with Gasteiger partial charge in [-0.15, -0.1) is 0 Å². The summed E-state index contributed by atoms with van der Waals surface area (Å²) in [6, 6.07) is 4.31. The molecule has 0 radical (unpaired) electrons. The smallest absolute Gasteiger partial charge is 0.328 e. The fourth-order valence-corrected chi connectivity index (χ4v) is 1.49. The van der Waals surface area contributed by atoms with Crippen LogP contribution in [0.4, 0.5) is 5.69 Å². The number of nitro groups is 1. The minimum Gasteiger partial charge on any atom is -0.480 e. The molecular formula is C12H14N2O5. The van der Waals surface area contributed by atoms with Crippen LogP contribution in [0.3, 0.4) is 0 Å². The highest BCUT2D eigenvalue weighted by Gasteiger charge is 2.32. The van der Waals surface area contributed by atoms with E-state index >= 15 is 0 Å². The van der Waals surface area contributed by atoms with Crippen molar-refractivity contribution in [2.75, 3.05) is 0 Å². The summed E-state index contributed by atoms with van der Waals surface area (Å²) in [5.74, 6) is -2.01. The van der Waals surface area contributed by atoms with Gasteiger partial charge in [-0.3, -0.25) is 14.9 Å². The maximum atomic E-state index is 12.0. The van der Waals surface area contributed by atoms with Crippen molar-refractivity contribution in [1.29, 1.82) is 0 Å². The number of carboxylic acid groups (broad SMARTS) is 1. The molecule has 0 saturated carbocycles. The molecule has 2 N–H and O–H groups in total. The fourth-order valence-electron chi connectivity index (χ4n) is 1.49. The first-order chi connectivity index (χ1) is 8.66. The summed E-state index contributed by atoms with van der Waals surface area (Å²) in [5.41, 5.74) is -1.64. The number of aliphatic carboxylic acids is 1. The van der Waals surface area contributed by atoms with Gasteiger partial charge < -0.3 is 10.4 Å². The topological polar surface area (TPSA) is 110 Å². The van der Waals surface area contributed by atoms with Crippen LogP contribution in [-0.2, 0) is 4.79 Å². The Labute approximate surface area is 109 Å². The normalized spacial score (nSPS) is 10.9. The monoisotopic (exact) mass is 266 g/mol. The number of carbonyl (C=O) groups is 2. The number of nitrogens with zero attached hydrogens (tertiary/aromatic N) is 1. The van der Waals surface area contributed by atoms with Gasteiger partial charge in [-0.05, 0) is 26.8 Å². The molecular weight excluding hydrogens is 252 g/mol. The number of carboxylic acids is 1. The van der Waals surface area contributed by atoms with Crippen molar-refractivity contribution in [3.05, 3.63) is 39.4 Å². The standard InChI is InChI=1S/C12H14N2O5/c1-7-5-4-6-8(9(7)14(18)19)10(15)13-12(2,3)11(16)17/h4-6H,1-3H3,(H,13,15)(H,16,17). The zero-order valence-electron chi connectivity index (χ0n) is 10.8. The highest BCUT2D eigenvalue weighted by atomic mass is 16.6.